The van der Waals surface area contributed by atoms with E-state index in [1.807, 2.05) is 0 Å². The van der Waals surface area contributed by atoms with E-state index in [0.717, 1.165) is 38.5 Å². The molecule has 0 saturated heterocycles. The summed E-state index contributed by atoms with van der Waals surface area (Å²) in [6.07, 6.45) is 16.7. The fraction of sp³-hybridized carbons (Fsp3) is 0.844. The molecule has 0 aliphatic heterocycles. The predicted molar refractivity (Wildman–Crippen MR) is 166 cm³/mol. The van der Waals surface area contributed by atoms with Crippen LogP contribution in [0.2, 0.25) is 0 Å². The molecular formula is C32H58N2O10. The third-order valence-corrected chi connectivity index (χ3v) is 7.17. The van der Waals surface area contributed by atoms with E-state index in [2.05, 4.69) is 10.6 Å². The number of hydrogen-bond donors (Lipinski definition) is 5. The van der Waals surface area contributed by atoms with E-state index in [4.69, 9.17) is 19.7 Å². The van der Waals surface area contributed by atoms with Gasteiger partial charge >= 0.3 is 11.9 Å². The van der Waals surface area contributed by atoms with Gasteiger partial charge in [0.05, 0.1) is 19.8 Å². The van der Waals surface area contributed by atoms with Gasteiger partial charge in [-0.15, -0.1) is 0 Å². The Bertz CT molecular complexity index is 778. The molecular weight excluding hydrogens is 572 g/mol. The van der Waals surface area contributed by atoms with E-state index in [9.17, 15) is 29.1 Å². The van der Waals surface area contributed by atoms with Gasteiger partial charge in [0.2, 0.25) is 11.8 Å². The third kappa shape index (κ3) is 29.5. The molecule has 1 atom stereocenters. The molecule has 44 heavy (non-hydrogen) atoms. The predicted octanol–water partition coefficient (Wildman–Crippen LogP) is 4.15. The second kappa shape index (κ2) is 30.5. The van der Waals surface area contributed by atoms with Gasteiger partial charge in [-0.1, -0.05) is 77.0 Å². The second-order valence-corrected chi connectivity index (χ2v) is 11.2. The number of carbonyl (C=O) groups excluding carboxylic acids is 3. The normalized spacial score (nSPS) is 11.7. The van der Waals surface area contributed by atoms with Crippen LogP contribution in [0.3, 0.4) is 0 Å². The van der Waals surface area contributed by atoms with Gasteiger partial charge in [0.25, 0.3) is 0 Å². The van der Waals surface area contributed by atoms with Gasteiger partial charge in [0.15, 0.2) is 0 Å². The SMILES string of the molecule is O=C(O)CCCCCCCCCCCCCCCCC(=O)N[C@@H](CCC(=O)CCCOCCOCC(=O)NCCO)C(=O)O. The average molecular weight is 631 g/mol. The summed E-state index contributed by atoms with van der Waals surface area (Å²) in [6, 6.07) is -1.08. The lowest BCUT2D eigenvalue weighted by Gasteiger charge is -2.14. The standard InChI is InChI=1S/C32H58N2O10/c35-22-21-33-30(38)26-44-25-24-43-23-15-16-27(36)19-20-28(32(41)42)34-29(37)17-13-11-9-7-5-3-1-2-4-6-8-10-12-14-18-31(39)40/h28,35H,1-26H2,(H,33,38)(H,34,37)(H,39,40)(H,41,42)/t28-/m0/s1. The molecule has 0 radical (unpaired) electrons. The number of amides is 2. The van der Waals surface area contributed by atoms with Crippen LogP contribution in [0.15, 0.2) is 0 Å². The number of aliphatic hydroxyl groups is 1. The number of nitrogens with one attached hydrogen (secondary N) is 2. The molecule has 256 valence electrons. The maximum absolute atomic E-state index is 12.2. The van der Waals surface area contributed by atoms with Crippen LogP contribution in [0.5, 0.6) is 0 Å². The maximum Gasteiger partial charge on any atom is 0.326 e. The maximum atomic E-state index is 12.2. The van der Waals surface area contributed by atoms with Crippen molar-refractivity contribution in [3.8, 4) is 0 Å². The zero-order valence-electron chi connectivity index (χ0n) is 26.7. The van der Waals surface area contributed by atoms with Gasteiger partial charge in [-0.3, -0.25) is 19.2 Å². The van der Waals surface area contributed by atoms with Crippen LogP contribution >= 0.6 is 0 Å². The highest BCUT2D eigenvalue weighted by Crippen LogP contribution is 2.14. The first-order valence-electron chi connectivity index (χ1n) is 16.5. The molecule has 0 rings (SSSR count). The molecule has 0 saturated carbocycles. The van der Waals surface area contributed by atoms with Crippen LogP contribution in [0.1, 0.15) is 128 Å². The Morgan fingerprint density at radius 3 is 1.61 bits per heavy atom. The molecule has 0 unspecified atom stereocenters. The van der Waals surface area contributed by atoms with Crippen molar-refractivity contribution < 1.29 is 48.8 Å². The van der Waals surface area contributed by atoms with Crippen LogP contribution in [-0.2, 0) is 33.4 Å². The highest BCUT2D eigenvalue weighted by molar-refractivity contribution is 5.84. The zero-order valence-corrected chi connectivity index (χ0v) is 26.7. The van der Waals surface area contributed by atoms with Crippen LogP contribution in [0.25, 0.3) is 0 Å². The summed E-state index contributed by atoms with van der Waals surface area (Å²) in [5, 5.41) is 31.7. The lowest BCUT2D eigenvalue weighted by molar-refractivity contribution is -0.142. The van der Waals surface area contributed by atoms with E-state index in [1.54, 1.807) is 0 Å². The number of hydrogen-bond acceptors (Lipinski definition) is 8. The van der Waals surface area contributed by atoms with Crippen molar-refractivity contribution in [3.05, 3.63) is 0 Å². The van der Waals surface area contributed by atoms with Gasteiger partial charge in [-0.25, -0.2) is 4.79 Å². The van der Waals surface area contributed by atoms with Crippen molar-refractivity contribution in [1.82, 2.24) is 10.6 Å². The van der Waals surface area contributed by atoms with E-state index >= 15 is 0 Å². The van der Waals surface area contributed by atoms with Crippen LogP contribution in [0.4, 0.5) is 0 Å². The first-order chi connectivity index (χ1) is 21.3. The van der Waals surface area contributed by atoms with Crippen molar-refractivity contribution in [3.63, 3.8) is 0 Å². The van der Waals surface area contributed by atoms with Gasteiger partial charge in [-0.2, -0.15) is 0 Å². The molecule has 0 aromatic heterocycles. The number of rotatable bonds is 33. The first kappa shape index (κ1) is 41.4. The molecule has 0 aromatic carbocycles. The van der Waals surface area contributed by atoms with E-state index in [-0.39, 0.29) is 82.7 Å². The Kier molecular flexibility index (Phi) is 28.7. The molecule has 0 aliphatic carbocycles. The fourth-order valence-corrected chi connectivity index (χ4v) is 4.64. The Morgan fingerprint density at radius 1 is 0.568 bits per heavy atom. The summed E-state index contributed by atoms with van der Waals surface area (Å²) in [5.41, 5.74) is 0. The summed E-state index contributed by atoms with van der Waals surface area (Å²) in [5.74, 6) is -2.56. The average Bonchev–Trinajstić information content (AvgIpc) is 2.98. The summed E-state index contributed by atoms with van der Waals surface area (Å²) >= 11 is 0. The molecule has 0 fully saturated rings. The zero-order chi connectivity index (χ0) is 32.7. The number of carbonyl (C=O) groups is 5. The molecule has 0 bridgehead atoms. The summed E-state index contributed by atoms with van der Waals surface area (Å²) in [7, 11) is 0. The number of ether oxygens (including phenoxy) is 2. The van der Waals surface area contributed by atoms with Crippen LogP contribution in [0, 0.1) is 0 Å². The molecule has 0 heterocycles. The number of aliphatic hydroxyl groups excluding tert-OH is 1. The number of aliphatic carboxylic acids is 2. The third-order valence-electron chi connectivity index (χ3n) is 7.17. The molecule has 12 nitrogen and oxygen atoms in total. The Hall–Kier alpha value is -2.57. The van der Waals surface area contributed by atoms with E-state index < -0.39 is 18.0 Å². The monoisotopic (exact) mass is 630 g/mol. The molecule has 5 N–H and O–H groups in total. The minimum Gasteiger partial charge on any atom is -0.481 e. The molecule has 0 aliphatic rings. The number of carboxylic acids is 2. The minimum absolute atomic E-state index is 0.0553. The summed E-state index contributed by atoms with van der Waals surface area (Å²) < 4.78 is 10.5. The van der Waals surface area contributed by atoms with Crippen LogP contribution < -0.4 is 10.6 Å². The Morgan fingerprint density at radius 2 is 1.09 bits per heavy atom. The van der Waals surface area contributed by atoms with Crippen molar-refractivity contribution >= 4 is 29.5 Å². The quantitative estimate of drug-likeness (QED) is 0.0659. The fourth-order valence-electron chi connectivity index (χ4n) is 4.64. The Labute approximate surface area is 263 Å². The summed E-state index contributed by atoms with van der Waals surface area (Å²) in [6.45, 7) is 0.764. The second-order valence-electron chi connectivity index (χ2n) is 11.2. The largest absolute Gasteiger partial charge is 0.481 e. The van der Waals surface area contributed by atoms with E-state index in [0.29, 0.717) is 19.4 Å². The minimum atomic E-state index is -1.14. The van der Waals surface area contributed by atoms with Crippen molar-refractivity contribution in [1.29, 1.82) is 0 Å². The van der Waals surface area contributed by atoms with Crippen molar-refractivity contribution in [2.24, 2.45) is 0 Å². The summed E-state index contributed by atoms with van der Waals surface area (Å²) in [4.78, 5) is 57.7. The Balaban J connectivity index is 3.67. The lowest BCUT2D eigenvalue weighted by atomic mass is 10.0. The molecule has 0 spiro atoms. The van der Waals surface area contributed by atoms with Crippen LogP contribution in [-0.4, -0.2) is 90.5 Å². The lowest BCUT2D eigenvalue weighted by Crippen LogP contribution is -2.41. The molecule has 12 heteroatoms. The van der Waals surface area contributed by atoms with Crippen molar-refractivity contribution in [2.75, 3.05) is 39.6 Å². The number of ketones is 1. The van der Waals surface area contributed by atoms with E-state index in [1.165, 1.54) is 44.9 Å². The number of carboxylic acid groups (broad SMARTS) is 2. The topological polar surface area (TPSA) is 189 Å². The highest BCUT2D eigenvalue weighted by atomic mass is 16.5. The first-order valence-corrected chi connectivity index (χ1v) is 16.5. The van der Waals surface area contributed by atoms with Gasteiger partial charge in [0.1, 0.15) is 18.4 Å². The number of unbranched alkanes of at least 4 members (excludes halogenated alkanes) is 13. The van der Waals surface area contributed by atoms with Gasteiger partial charge in [-0.05, 0) is 25.7 Å². The molecule has 0 aromatic rings. The molecule has 2 amide bonds. The van der Waals surface area contributed by atoms with Gasteiger partial charge in [0, 0.05) is 38.8 Å². The smallest absolute Gasteiger partial charge is 0.326 e. The highest BCUT2D eigenvalue weighted by Gasteiger charge is 2.20. The number of Topliss-reactive ketones (excluding diaryl/α,β-unsaturated/α-hetero) is 1. The van der Waals surface area contributed by atoms with Crippen molar-refractivity contribution in [2.45, 2.75) is 134 Å². The van der Waals surface area contributed by atoms with Gasteiger partial charge < -0.3 is 35.4 Å².